The van der Waals surface area contributed by atoms with Crippen LogP contribution < -0.4 is 15.7 Å². The molecule has 162 valence electrons. The Bertz CT molecular complexity index is 1490. The second-order valence-corrected chi connectivity index (χ2v) is 8.99. The van der Waals surface area contributed by atoms with Crippen molar-refractivity contribution in [1.29, 1.82) is 0 Å². The molecule has 0 saturated heterocycles. The summed E-state index contributed by atoms with van der Waals surface area (Å²) in [6.07, 6.45) is 1.24. The summed E-state index contributed by atoms with van der Waals surface area (Å²) in [4.78, 5) is 29.4. The molecule has 0 aliphatic heterocycles. The largest absolute Gasteiger partial charge is 0.280 e. The summed E-state index contributed by atoms with van der Waals surface area (Å²) in [6, 6.07) is 17.6. The van der Waals surface area contributed by atoms with Gasteiger partial charge in [0.2, 0.25) is 0 Å². The number of benzene rings is 3. The fourth-order valence-electron chi connectivity index (χ4n) is 3.11. The Morgan fingerprint density at radius 1 is 0.938 bits per heavy atom. The minimum Gasteiger partial charge on any atom is -0.280 e. The zero-order valence-electron chi connectivity index (χ0n) is 17.4. The number of anilines is 1. The van der Waals surface area contributed by atoms with E-state index in [0.29, 0.717) is 16.6 Å². The third-order valence-corrected chi connectivity index (χ3v) is 6.45. The zero-order valence-corrected chi connectivity index (χ0v) is 18.2. The lowest BCUT2D eigenvalue weighted by Crippen LogP contribution is -2.33. The summed E-state index contributed by atoms with van der Waals surface area (Å²) >= 11 is 0. The van der Waals surface area contributed by atoms with Crippen molar-refractivity contribution in [3.05, 3.63) is 100 Å². The van der Waals surface area contributed by atoms with Crippen LogP contribution >= 0.6 is 0 Å². The van der Waals surface area contributed by atoms with Gasteiger partial charge in [0.05, 0.1) is 15.8 Å². The number of nitrogens with one attached hydrogen (secondary N) is 2. The van der Waals surface area contributed by atoms with Crippen LogP contribution in [0, 0.1) is 13.8 Å². The third kappa shape index (κ3) is 4.23. The molecule has 4 aromatic rings. The molecule has 9 heteroatoms. The van der Waals surface area contributed by atoms with Crippen molar-refractivity contribution in [3.8, 4) is 0 Å². The van der Waals surface area contributed by atoms with Crippen molar-refractivity contribution in [3.63, 3.8) is 0 Å². The molecule has 0 spiro atoms. The average molecular weight is 449 g/mol. The molecule has 0 radical (unpaired) electrons. The number of para-hydroxylation sites is 1. The number of aromatic nitrogens is 2. The molecule has 0 unspecified atom stereocenters. The molecule has 0 fully saturated rings. The highest BCUT2D eigenvalue weighted by atomic mass is 32.2. The van der Waals surface area contributed by atoms with Crippen molar-refractivity contribution >= 4 is 32.5 Å². The van der Waals surface area contributed by atoms with Gasteiger partial charge >= 0.3 is 0 Å². The fraction of sp³-hybridized carbons (Fsp3) is 0.0870. The maximum absolute atomic E-state index is 12.6. The van der Waals surface area contributed by atoms with Crippen LogP contribution in [-0.2, 0) is 10.0 Å². The molecule has 0 aliphatic rings. The van der Waals surface area contributed by atoms with Gasteiger partial charge in [0.1, 0.15) is 6.33 Å². The summed E-state index contributed by atoms with van der Waals surface area (Å²) in [7, 11) is -3.76. The van der Waals surface area contributed by atoms with Gasteiger partial charge in [-0.25, -0.2) is 18.1 Å². The Hall–Kier alpha value is -3.98. The lowest BCUT2D eigenvalue weighted by atomic mass is 10.1. The summed E-state index contributed by atoms with van der Waals surface area (Å²) in [5.74, 6) is -0.534. The Morgan fingerprint density at radius 2 is 1.66 bits per heavy atom. The van der Waals surface area contributed by atoms with Crippen LogP contribution in [0.2, 0.25) is 0 Å². The topological polar surface area (TPSA) is 110 Å². The molecule has 0 aliphatic carbocycles. The average Bonchev–Trinajstić information content (AvgIpc) is 2.78. The van der Waals surface area contributed by atoms with Gasteiger partial charge in [-0.3, -0.25) is 19.7 Å². The molecular weight excluding hydrogens is 428 g/mol. The minimum absolute atomic E-state index is 0.158. The van der Waals surface area contributed by atoms with Crippen LogP contribution in [0.25, 0.3) is 10.9 Å². The first kappa shape index (κ1) is 21.3. The van der Waals surface area contributed by atoms with Gasteiger partial charge in [-0.1, -0.05) is 18.2 Å². The van der Waals surface area contributed by atoms with E-state index < -0.39 is 21.5 Å². The van der Waals surface area contributed by atoms with Crippen molar-refractivity contribution in [2.45, 2.75) is 18.7 Å². The van der Waals surface area contributed by atoms with Gasteiger partial charge in [0.25, 0.3) is 21.5 Å². The molecule has 2 N–H and O–H groups in total. The van der Waals surface area contributed by atoms with Crippen molar-refractivity contribution in [2.24, 2.45) is 0 Å². The van der Waals surface area contributed by atoms with Crippen LogP contribution in [0.3, 0.4) is 0 Å². The Balaban J connectivity index is 1.51. The van der Waals surface area contributed by atoms with Crippen LogP contribution in [0.1, 0.15) is 21.5 Å². The van der Waals surface area contributed by atoms with Crippen LogP contribution in [0.15, 0.2) is 82.7 Å². The zero-order chi connectivity index (χ0) is 22.9. The number of nitrogens with zero attached hydrogens (tertiary/aromatic N) is 2. The monoisotopic (exact) mass is 448 g/mol. The maximum atomic E-state index is 12.6. The summed E-state index contributed by atoms with van der Waals surface area (Å²) in [6.45, 7) is 3.75. The molecule has 0 atom stereocenters. The SMILES string of the molecule is Cc1ccc(S(=O)(=O)Nc2ccc(C(=O)Nn3cnc4ccccc4c3=O)cc2)cc1C. The van der Waals surface area contributed by atoms with E-state index in [4.69, 9.17) is 0 Å². The van der Waals surface area contributed by atoms with E-state index in [9.17, 15) is 18.0 Å². The van der Waals surface area contributed by atoms with Gasteiger partial charge in [-0.2, -0.15) is 0 Å². The second-order valence-electron chi connectivity index (χ2n) is 7.31. The fourth-order valence-corrected chi connectivity index (χ4v) is 4.25. The number of aryl methyl sites for hydroxylation is 2. The van der Waals surface area contributed by atoms with Crippen LogP contribution in [0.4, 0.5) is 5.69 Å². The standard InChI is InChI=1S/C23H20N4O4S/c1-15-7-12-19(13-16(15)2)32(30,31)26-18-10-8-17(9-11-18)22(28)25-27-14-24-21-6-4-3-5-20(21)23(27)29/h3-14,26H,1-2H3,(H,25,28). The maximum Gasteiger partial charge on any atom is 0.280 e. The molecular formula is C23H20N4O4S. The normalized spacial score (nSPS) is 11.3. The molecule has 1 amide bonds. The number of fused-ring (bicyclic) bond motifs is 1. The second kappa shape index (κ2) is 8.27. The van der Waals surface area contributed by atoms with E-state index in [0.717, 1.165) is 15.8 Å². The van der Waals surface area contributed by atoms with E-state index in [-0.39, 0.29) is 10.5 Å². The molecule has 1 heterocycles. The number of amides is 1. The highest BCUT2D eigenvalue weighted by Crippen LogP contribution is 2.19. The van der Waals surface area contributed by atoms with E-state index in [2.05, 4.69) is 15.1 Å². The van der Waals surface area contributed by atoms with Crippen molar-refractivity contribution in [1.82, 2.24) is 9.66 Å². The highest BCUT2D eigenvalue weighted by molar-refractivity contribution is 7.92. The van der Waals surface area contributed by atoms with E-state index in [1.807, 2.05) is 13.8 Å². The Morgan fingerprint density at radius 3 is 2.38 bits per heavy atom. The molecule has 3 aromatic carbocycles. The first-order valence-electron chi connectivity index (χ1n) is 9.72. The van der Waals surface area contributed by atoms with Gasteiger partial charge < -0.3 is 0 Å². The first-order valence-corrected chi connectivity index (χ1v) is 11.2. The van der Waals surface area contributed by atoms with Crippen molar-refractivity contribution < 1.29 is 13.2 Å². The highest BCUT2D eigenvalue weighted by Gasteiger charge is 2.15. The Labute approximate surface area is 184 Å². The van der Waals surface area contributed by atoms with E-state index in [1.165, 1.54) is 30.6 Å². The van der Waals surface area contributed by atoms with Crippen LogP contribution in [-0.4, -0.2) is 24.0 Å². The van der Waals surface area contributed by atoms with Gasteiger partial charge in [-0.05, 0) is 73.5 Å². The van der Waals surface area contributed by atoms with Gasteiger partial charge in [0.15, 0.2) is 0 Å². The molecule has 4 rings (SSSR count). The molecule has 1 aromatic heterocycles. The van der Waals surface area contributed by atoms with E-state index in [1.54, 1.807) is 42.5 Å². The predicted molar refractivity (Wildman–Crippen MR) is 123 cm³/mol. The van der Waals surface area contributed by atoms with Gasteiger partial charge in [0, 0.05) is 11.3 Å². The number of hydrogen-bond acceptors (Lipinski definition) is 5. The van der Waals surface area contributed by atoms with Gasteiger partial charge in [-0.15, -0.1) is 0 Å². The molecule has 32 heavy (non-hydrogen) atoms. The summed E-state index contributed by atoms with van der Waals surface area (Å²) in [5, 5.41) is 0.381. The number of hydrogen-bond donors (Lipinski definition) is 2. The summed E-state index contributed by atoms with van der Waals surface area (Å²) in [5.41, 5.74) is 5.05. The molecule has 8 nitrogen and oxygen atoms in total. The molecule has 0 saturated carbocycles. The Kier molecular flexibility index (Phi) is 5.50. The minimum atomic E-state index is -3.76. The first-order chi connectivity index (χ1) is 15.2. The number of carbonyl (C=O) groups is 1. The number of rotatable bonds is 5. The lowest BCUT2D eigenvalue weighted by molar-refractivity contribution is 0.101. The van der Waals surface area contributed by atoms with Crippen LogP contribution in [0.5, 0.6) is 0 Å². The smallest absolute Gasteiger partial charge is 0.280 e. The third-order valence-electron chi connectivity index (χ3n) is 5.08. The molecule has 0 bridgehead atoms. The van der Waals surface area contributed by atoms with Crippen molar-refractivity contribution in [2.75, 3.05) is 10.1 Å². The van der Waals surface area contributed by atoms with E-state index >= 15 is 0 Å². The number of sulfonamides is 1. The number of carbonyl (C=O) groups excluding carboxylic acids is 1. The summed E-state index contributed by atoms with van der Waals surface area (Å²) < 4.78 is 28.8. The lowest BCUT2D eigenvalue weighted by Gasteiger charge is -2.11. The predicted octanol–water partition coefficient (Wildman–Crippen LogP) is 3.20. The quantitative estimate of drug-likeness (QED) is 0.487.